The zero-order valence-electron chi connectivity index (χ0n) is 10.5. The first-order valence-corrected chi connectivity index (χ1v) is 6.59. The van der Waals surface area contributed by atoms with E-state index in [1.54, 1.807) is 6.92 Å². The van der Waals surface area contributed by atoms with Crippen LogP contribution in [-0.2, 0) is 4.79 Å². The molecule has 1 aromatic carbocycles. The van der Waals surface area contributed by atoms with E-state index >= 15 is 0 Å². The normalized spacial score (nSPS) is 27.1. The fourth-order valence-corrected chi connectivity index (χ4v) is 2.58. The number of benzene rings is 1. The number of anilines is 1. The van der Waals surface area contributed by atoms with Crippen LogP contribution in [0.1, 0.15) is 37.8 Å². The summed E-state index contributed by atoms with van der Waals surface area (Å²) in [5.74, 6) is 0.693. The Kier molecular flexibility index (Phi) is 2.96. The van der Waals surface area contributed by atoms with E-state index in [2.05, 4.69) is 16.7 Å². The van der Waals surface area contributed by atoms with Crippen molar-refractivity contribution in [3.63, 3.8) is 0 Å². The molecule has 4 nitrogen and oxygen atoms in total. The number of fused-ring (bicyclic) bond motifs is 1. The summed E-state index contributed by atoms with van der Waals surface area (Å²) in [6.45, 7) is 2.83. The summed E-state index contributed by atoms with van der Waals surface area (Å²) in [6.07, 6.45) is 3.26. The van der Waals surface area contributed by atoms with E-state index in [-0.39, 0.29) is 5.91 Å². The smallest absolute Gasteiger partial charge is 0.265 e. The second kappa shape index (κ2) is 4.61. The molecule has 18 heavy (non-hydrogen) atoms. The summed E-state index contributed by atoms with van der Waals surface area (Å²) in [5.41, 5.74) is 2.02. The maximum atomic E-state index is 11.6. The van der Waals surface area contributed by atoms with Crippen LogP contribution in [-0.4, -0.2) is 18.6 Å². The van der Waals surface area contributed by atoms with Crippen LogP contribution in [0, 0.1) is 0 Å². The fourth-order valence-electron chi connectivity index (χ4n) is 2.58. The molecule has 2 N–H and O–H groups in total. The Labute approximate surface area is 107 Å². The number of piperidine rings is 1. The molecule has 2 heterocycles. The van der Waals surface area contributed by atoms with E-state index in [1.807, 2.05) is 12.1 Å². The van der Waals surface area contributed by atoms with Crippen LogP contribution in [0.15, 0.2) is 18.2 Å². The fraction of sp³-hybridized carbons (Fsp3) is 0.500. The van der Waals surface area contributed by atoms with Crippen LogP contribution < -0.4 is 15.4 Å². The van der Waals surface area contributed by atoms with Crippen molar-refractivity contribution in [1.29, 1.82) is 0 Å². The highest BCUT2D eigenvalue weighted by atomic mass is 16.5. The first-order chi connectivity index (χ1) is 8.74. The van der Waals surface area contributed by atoms with E-state index in [9.17, 15) is 4.79 Å². The second-order valence-electron chi connectivity index (χ2n) is 5.01. The Bertz CT molecular complexity index is 467. The number of hydrogen-bond acceptors (Lipinski definition) is 3. The van der Waals surface area contributed by atoms with Gasteiger partial charge in [0, 0.05) is 6.04 Å². The second-order valence-corrected chi connectivity index (χ2v) is 5.01. The van der Waals surface area contributed by atoms with Gasteiger partial charge >= 0.3 is 0 Å². The van der Waals surface area contributed by atoms with Gasteiger partial charge in [-0.25, -0.2) is 0 Å². The summed E-state index contributed by atoms with van der Waals surface area (Å²) in [6, 6.07) is 6.48. The SMILES string of the molecule is CC1Oc2ccc(C3CCCCN3)cc2NC1=O. The van der Waals surface area contributed by atoms with E-state index in [0.717, 1.165) is 24.4 Å². The third kappa shape index (κ3) is 2.08. The molecule has 1 aromatic rings. The van der Waals surface area contributed by atoms with Crippen molar-refractivity contribution in [3.05, 3.63) is 23.8 Å². The number of ether oxygens (including phenoxy) is 1. The van der Waals surface area contributed by atoms with Crippen molar-refractivity contribution in [3.8, 4) is 5.75 Å². The monoisotopic (exact) mass is 246 g/mol. The Morgan fingerprint density at radius 2 is 2.22 bits per heavy atom. The summed E-state index contributed by atoms with van der Waals surface area (Å²) < 4.78 is 5.55. The molecule has 2 aliphatic heterocycles. The van der Waals surface area contributed by atoms with Gasteiger partial charge in [-0.1, -0.05) is 12.5 Å². The van der Waals surface area contributed by atoms with Gasteiger partial charge in [-0.3, -0.25) is 4.79 Å². The summed E-state index contributed by atoms with van der Waals surface area (Å²) >= 11 is 0. The number of amides is 1. The van der Waals surface area contributed by atoms with Gasteiger partial charge < -0.3 is 15.4 Å². The van der Waals surface area contributed by atoms with Crippen molar-refractivity contribution in [2.24, 2.45) is 0 Å². The lowest BCUT2D eigenvalue weighted by atomic mass is 9.97. The Hall–Kier alpha value is -1.55. The van der Waals surface area contributed by atoms with E-state index in [4.69, 9.17) is 4.74 Å². The molecular formula is C14H18N2O2. The molecule has 2 aliphatic rings. The minimum atomic E-state index is -0.406. The first kappa shape index (κ1) is 11.5. The van der Waals surface area contributed by atoms with Crippen LogP contribution in [0.3, 0.4) is 0 Å². The minimum absolute atomic E-state index is 0.0729. The van der Waals surface area contributed by atoms with Gasteiger partial charge in [0.2, 0.25) is 0 Å². The number of rotatable bonds is 1. The number of carbonyl (C=O) groups is 1. The molecule has 1 fully saturated rings. The molecule has 2 unspecified atom stereocenters. The highest BCUT2D eigenvalue weighted by molar-refractivity contribution is 5.97. The third-order valence-corrected chi connectivity index (χ3v) is 3.65. The van der Waals surface area contributed by atoms with E-state index < -0.39 is 6.10 Å². The molecule has 2 atom stereocenters. The van der Waals surface area contributed by atoms with E-state index in [1.165, 1.54) is 18.4 Å². The average Bonchev–Trinajstić information content (AvgIpc) is 2.41. The van der Waals surface area contributed by atoms with Crippen LogP contribution in [0.5, 0.6) is 5.75 Å². The van der Waals surface area contributed by atoms with Crippen molar-refractivity contribution >= 4 is 11.6 Å². The number of carbonyl (C=O) groups excluding carboxylic acids is 1. The largest absolute Gasteiger partial charge is 0.479 e. The minimum Gasteiger partial charge on any atom is -0.479 e. The molecule has 0 bridgehead atoms. The molecule has 4 heteroatoms. The van der Waals surface area contributed by atoms with Crippen molar-refractivity contribution in [1.82, 2.24) is 5.32 Å². The van der Waals surface area contributed by atoms with Crippen molar-refractivity contribution in [2.75, 3.05) is 11.9 Å². The highest BCUT2D eigenvalue weighted by Crippen LogP contribution is 2.33. The van der Waals surface area contributed by atoms with Crippen LogP contribution in [0.25, 0.3) is 0 Å². The van der Waals surface area contributed by atoms with Gasteiger partial charge in [-0.15, -0.1) is 0 Å². The molecular weight excluding hydrogens is 228 g/mol. The van der Waals surface area contributed by atoms with Crippen molar-refractivity contribution < 1.29 is 9.53 Å². The lowest BCUT2D eigenvalue weighted by Gasteiger charge is -2.27. The summed E-state index contributed by atoms with van der Waals surface area (Å²) in [5, 5.41) is 6.41. The standard InChI is InChI=1S/C14H18N2O2/c1-9-14(17)16-12-8-10(5-6-13(12)18-9)11-4-2-3-7-15-11/h5-6,8-9,11,15H,2-4,7H2,1H3,(H,16,17). The molecule has 0 aliphatic carbocycles. The predicted octanol–water partition coefficient (Wildman–Crippen LogP) is 2.22. The highest BCUT2D eigenvalue weighted by Gasteiger charge is 2.24. The van der Waals surface area contributed by atoms with Crippen molar-refractivity contribution in [2.45, 2.75) is 38.3 Å². The van der Waals surface area contributed by atoms with Gasteiger partial charge in [-0.2, -0.15) is 0 Å². The molecule has 3 rings (SSSR count). The predicted molar refractivity (Wildman–Crippen MR) is 69.8 cm³/mol. The zero-order valence-corrected chi connectivity index (χ0v) is 10.5. The Morgan fingerprint density at radius 1 is 1.33 bits per heavy atom. The lowest BCUT2D eigenvalue weighted by Crippen LogP contribution is -2.34. The van der Waals surface area contributed by atoms with Gasteiger partial charge in [-0.05, 0) is 44.0 Å². The first-order valence-electron chi connectivity index (χ1n) is 6.59. The topological polar surface area (TPSA) is 50.4 Å². The Balaban J connectivity index is 1.86. The molecule has 1 amide bonds. The molecule has 96 valence electrons. The zero-order chi connectivity index (χ0) is 12.5. The third-order valence-electron chi connectivity index (χ3n) is 3.65. The maximum Gasteiger partial charge on any atom is 0.265 e. The summed E-state index contributed by atoms with van der Waals surface area (Å²) in [4.78, 5) is 11.6. The van der Waals surface area contributed by atoms with Crippen LogP contribution in [0.2, 0.25) is 0 Å². The Morgan fingerprint density at radius 3 is 3.00 bits per heavy atom. The number of nitrogens with one attached hydrogen (secondary N) is 2. The van der Waals surface area contributed by atoms with Gasteiger partial charge in [0.15, 0.2) is 6.10 Å². The molecule has 0 spiro atoms. The molecule has 0 radical (unpaired) electrons. The summed E-state index contributed by atoms with van der Waals surface area (Å²) in [7, 11) is 0. The van der Waals surface area contributed by atoms with Gasteiger partial charge in [0.25, 0.3) is 5.91 Å². The van der Waals surface area contributed by atoms with E-state index in [0.29, 0.717) is 6.04 Å². The quantitative estimate of drug-likeness (QED) is 0.799. The molecule has 1 saturated heterocycles. The van der Waals surface area contributed by atoms with Gasteiger partial charge in [0.05, 0.1) is 5.69 Å². The number of hydrogen-bond donors (Lipinski definition) is 2. The molecule has 0 aromatic heterocycles. The van der Waals surface area contributed by atoms with Gasteiger partial charge in [0.1, 0.15) is 5.75 Å². The average molecular weight is 246 g/mol. The lowest BCUT2D eigenvalue weighted by molar-refractivity contribution is -0.122. The maximum absolute atomic E-state index is 11.6. The van der Waals surface area contributed by atoms with Crippen LogP contribution in [0.4, 0.5) is 5.69 Å². The van der Waals surface area contributed by atoms with Crippen LogP contribution >= 0.6 is 0 Å². The molecule has 0 saturated carbocycles.